The van der Waals surface area contributed by atoms with Crippen molar-refractivity contribution >= 4 is 22.6 Å². The molecule has 0 saturated carbocycles. The van der Waals surface area contributed by atoms with Crippen LogP contribution in [0.3, 0.4) is 0 Å². The molecule has 0 N–H and O–H groups in total. The normalized spacial score (nSPS) is 12.5. The second-order valence-electron chi connectivity index (χ2n) is 4.89. The maximum atomic E-state index is 6.29. The number of halogens is 1. The highest BCUT2D eigenvalue weighted by Crippen LogP contribution is 2.27. The van der Waals surface area contributed by atoms with Crippen molar-refractivity contribution in [2.75, 3.05) is 7.11 Å². The van der Waals surface area contributed by atoms with Crippen LogP contribution in [0.4, 0.5) is 0 Å². The summed E-state index contributed by atoms with van der Waals surface area (Å²) in [5.41, 5.74) is 3.05. The van der Waals surface area contributed by atoms with Crippen LogP contribution in [0.2, 0.25) is 0 Å². The molecule has 4 nitrogen and oxygen atoms in total. The van der Waals surface area contributed by atoms with Crippen LogP contribution in [-0.2, 0) is 6.54 Å². The molecular formula is C16H16ClN3O. The van der Waals surface area contributed by atoms with Crippen molar-refractivity contribution < 1.29 is 4.74 Å². The number of nitrogens with zero attached hydrogens (tertiary/aromatic N) is 3. The van der Waals surface area contributed by atoms with Gasteiger partial charge in [-0.2, -0.15) is 0 Å². The summed E-state index contributed by atoms with van der Waals surface area (Å²) in [4.78, 5) is 8.81. The first kappa shape index (κ1) is 13.9. The van der Waals surface area contributed by atoms with Crippen molar-refractivity contribution in [1.29, 1.82) is 0 Å². The third kappa shape index (κ3) is 2.72. The Labute approximate surface area is 128 Å². The van der Waals surface area contributed by atoms with Crippen LogP contribution in [0.5, 0.6) is 5.75 Å². The molecule has 0 spiro atoms. The lowest BCUT2D eigenvalue weighted by molar-refractivity contribution is 0.415. The number of aromatic nitrogens is 3. The fourth-order valence-electron chi connectivity index (χ4n) is 2.40. The molecule has 5 heteroatoms. The van der Waals surface area contributed by atoms with Gasteiger partial charge in [0, 0.05) is 18.5 Å². The van der Waals surface area contributed by atoms with E-state index >= 15 is 0 Å². The van der Waals surface area contributed by atoms with E-state index in [0.717, 1.165) is 28.2 Å². The molecular weight excluding hydrogens is 286 g/mol. The highest BCUT2D eigenvalue weighted by molar-refractivity contribution is 6.20. The number of rotatable bonds is 4. The minimum absolute atomic E-state index is 0.167. The Morgan fingerprint density at radius 3 is 2.86 bits per heavy atom. The van der Waals surface area contributed by atoms with E-state index in [1.54, 1.807) is 13.3 Å². The molecule has 0 radical (unpaired) electrons. The van der Waals surface area contributed by atoms with E-state index in [4.69, 9.17) is 16.3 Å². The molecule has 2 heterocycles. The Morgan fingerprint density at radius 1 is 1.33 bits per heavy atom. The zero-order valence-corrected chi connectivity index (χ0v) is 12.7. The molecule has 21 heavy (non-hydrogen) atoms. The lowest BCUT2D eigenvalue weighted by Crippen LogP contribution is -2.05. The highest BCUT2D eigenvalue weighted by atomic mass is 35.5. The van der Waals surface area contributed by atoms with E-state index in [-0.39, 0.29) is 5.38 Å². The summed E-state index contributed by atoms with van der Waals surface area (Å²) < 4.78 is 7.39. The number of pyridine rings is 1. The van der Waals surface area contributed by atoms with Crippen LogP contribution in [0.25, 0.3) is 11.0 Å². The van der Waals surface area contributed by atoms with Crippen LogP contribution in [0, 0.1) is 0 Å². The minimum Gasteiger partial charge on any atom is -0.497 e. The van der Waals surface area contributed by atoms with Gasteiger partial charge in [0.1, 0.15) is 11.6 Å². The fourth-order valence-corrected chi connectivity index (χ4v) is 2.57. The quantitative estimate of drug-likeness (QED) is 0.688. The van der Waals surface area contributed by atoms with Gasteiger partial charge in [-0.3, -0.25) is 4.98 Å². The molecule has 0 fully saturated rings. The number of imidazole rings is 1. The monoisotopic (exact) mass is 301 g/mol. The van der Waals surface area contributed by atoms with Crippen molar-refractivity contribution in [3.8, 4) is 5.75 Å². The lowest BCUT2D eigenvalue weighted by Gasteiger charge is -2.10. The van der Waals surface area contributed by atoms with Crippen molar-refractivity contribution in [2.45, 2.75) is 18.8 Å². The first-order chi connectivity index (χ1) is 10.2. The van der Waals surface area contributed by atoms with E-state index in [1.165, 1.54) is 0 Å². The van der Waals surface area contributed by atoms with Crippen molar-refractivity contribution in [2.24, 2.45) is 0 Å². The van der Waals surface area contributed by atoms with Gasteiger partial charge >= 0.3 is 0 Å². The molecule has 108 valence electrons. The predicted molar refractivity (Wildman–Crippen MR) is 83.9 cm³/mol. The summed E-state index contributed by atoms with van der Waals surface area (Å²) in [6.07, 6.45) is 3.63. The van der Waals surface area contributed by atoms with Gasteiger partial charge in [-0.25, -0.2) is 4.98 Å². The number of hydrogen-bond donors (Lipinski definition) is 0. The smallest absolute Gasteiger partial charge is 0.128 e. The molecule has 0 saturated heterocycles. The minimum atomic E-state index is -0.167. The van der Waals surface area contributed by atoms with Crippen LogP contribution >= 0.6 is 11.6 Å². The zero-order chi connectivity index (χ0) is 14.8. The van der Waals surface area contributed by atoms with Gasteiger partial charge in [0.2, 0.25) is 0 Å². The maximum absolute atomic E-state index is 6.29. The summed E-state index contributed by atoms with van der Waals surface area (Å²) in [5, 5.41) is -0.167. The predicted octanol–water partition coefficient (Wildman–Crippen LogP) is 3.79. The molecule has 1 aromatic carbocycles. The van der Waals surface area contributed by atoms with Gasteiger partial charge in [-0.15, -0.1) is 11.6 Å². The summed E-state index contributed by atoms with van der Waals surface area (Å²) >= 11 is 6.29. The Morgan fingerprint density at radius 2 is 2.19 bits per heavy atom. The van der Waals surface area contributed by atoms with Crippen LogP contribution < -0.4 is 4.74 Å². The maximum Gasteiger partial charge on any atom is 0.128 e. The van der Waals surface area contributed by atoms with Crippen molar-refractivity contribution in [3.05, 3.63) is 54.1 Å². The molecule has 0 aliphatic carbocycles. The summed E-state index contributed by atoms with van der Waals surface area (Å²) in [7, 11) is 1.65. The van der Waals surface area contributed by atoms with E-state index in [2.05, 4.69) is 14.5 Å². The van der Waals surface area contributed by atoms with Gasteiger partial charge in [0.05, 0.1) is 30.1 Å². The van der Waals surface area contributed by atoms with Gasteiger partial charge in [0.15, 0.2) is 0 Å². The average Bonchev–Trinajstić information content (AvgIpc) is 2.86. The Balaban J connectivity index is 2.12. The zero-order valence-electron chi connectivity index (χ0n) is 12.0. The van der Waals surface area contributed by atoms with E-state index in [1.807, 2.05) is 43.5 Å². The molecule has 0 aliphatic heterocycles. The standard InChI is InChI=1S/C16H16ClN3O/c1-11(17)16-19-14-8-13(21-2)5-6-15(14)20(16)10-12-4-3-7-18-9-12/h3-9,11H,10H2,1-2H3. The largest absolute Gasteiger partial charge is 0.497 e. The molecule has 0 amide bonds. The molecule has 2 aromatic heterocycles. The Bertz CT molecular complexity index is 753. The van der Waals surface area contributed by atoms with E-state index < -0.39 is 0 Å². The third-order valence-electron chi connectivity index (χ3n) is 3.40. The first-order valence-electron chi connectivity index (χ1n) is 6.76. The van der Waals surface area contributed by atoms with Crippen LogP contribution in [0.1, 0.15) is 23.7 Å². The molecule has 1 unspecified atom stereocenters. The third-order valence-corrected chi connectivity index (χ3v) is 3.60. The lowest BCUT2D eigenvalue weighted by atomic mass is 10.2. The molecule has 0 bridgehead atoms. The van der Waals surface area contributed by atoms with E-state index in [0.29, 0.717) is 6.54 Å². The summed E-state index contributed by atoms with van der Waals surface area (Å²) in [6.45, 7) is 2.63. The first-order valence-corrected chi connectivity index (χ1v) is 7.20. The molecule has 0 aliphatic rings. The SMILES string of the molecule is COc1ccc2c(c1)nc(C(C)Cl)n2Cc1cccnc1. The van der Waals surface area contributed by atoms with Gasteiger partial charge in [-0.05, 0) is 30.7 Å². The van der Waals surface area contributed by atoms with Gasteiger partial charge in [-0.1, -0.05) is 6.07 Å². The number of benzene rings is 1. The molecule has 1 atom stereocenters. The summed E-state index contributed by atoms with van der Waals surface area (Å²) in [6, 6.07) is 9.86. The van der Waals surface area contributed by atoms with Crippen molar-refractivity contribution in [3.63, 3.8) is 0 Å². The summed E-state index contributed by atoms with van der Waals surface area (Å²) in [5.74, 6) is 1.64. The topological polar surface area (TPSA) is 39.9 Å². The molecule has 3 aromatic rings. The number of fused-ring (bicyclic) bond motifs is 1. The molecule has 3 rings (SSSR count). The Hall–Kier alpha value is -2.07. The Kier molecular flexibility index (Phi) is 3.80. The second kappa shape index (κ2) is 5.74. The fraction of sp³-hybridized carbons (Fsp3) is 0.250. The number of ether oxygens (including phenoxy) is 1. The van der Waals surface area contributed by atoms with Gasteiger partial charge < -0.3 is 9.30 Å². The number of alkyl halides is 1. The second-order valence-corrected chi connectivity index (χ2v) is 5.54. The highest BCUT2D eigenvalue weighted by Gasteiger charge is 2.15. The number of hydrogen-bond acceptors (Lipinski definition) is 3. The van der Waals surface area contributed by atoms with Crippen LogP contribution in [-0.4, -0.2) is 21.6 Å². The number of methoxy groups -OCH3 is 1. The van der Waals surface area contributed by atoms with Crippen molar-refractivity contribution in [1.82, 2.24) is 14.5 Å². The van der Waals surface area contributed by atoms with Crippen LogP contribution in [0.15, 0.2) is 42.7 Å². The van der Waals surface area contributed by atoms with Gasteiger partial charge in [0.25, 0.3) is 0 Å². The average molecular weight is 302 g/mol. The van der Waals surface area contributed by atoms with E-state index in [9.17, 15) is 0 Å².